The summed E-state index contributed by atoms with van der Waals surface area (Å²) < 4.78 is 4.70. The molecule has 1 fully saturated rings. The number of hydrogen-bond donors (Lipinski definition) is 2. The minimum Gasteiger partial charge on any atom is -0.445 e. The molecule has 0 spiro atoms. The van der Waals surface area contributed by atoms with Crippen molar-refractivity contribution >= 4 is 17.6 Å². The highest BCUT2D eigenvalue weighted by Crippen LogP contribution is 2.27. The lowest BCUT2D eigenvalue weighted by Gasteiger charge is -2.12. The van der Waals surface area contributed by atoms with Gasteiger partial charge in [-0.3, -0.25) is 0 Å². The van der Waals surface area contributed by atoms with Gasteiger partial charge in [-0.1, -0.05) is 11.6 Å². The minimum absolute atomic E-state index is 0.125. The van der Waals surface area contributed by atoms with Crippen LogP contribution >= 0.6 is 11.6 Å². The fourth-order valence-electron chi connectivity index (χ4n) is 1.27. The number of allylic oxidation sites excluding steroid dienone is 1. The molecule has 1 aliphatic rings. The molecule has 86 valence electrons. The Morgan fingerprint density at radius 1 is 1.53 bits per heavy atom. The maximum absolute atomic E-state index is 11.4. The van der Waals surface area contributed by atoms with Crippen molar-refractivity contribution in [1.82, 2.24) is 10.6 Å². The molecule has 0 aromatic carbocycles. The number of carbonyl (C=O) groups is 1. The Bertz CT molecular complexity index is 262. The number of ether oxygens (including phenoxy) is 1. The average Bonchev–Trinajstić information content (AvgIpc) is 2.99. The summed E-state index contributed by atoms with van der Waals surface area (Å²) in [7, 11) is 1.69. The summed E-state index contributed by atoms with van der Waals surface area (Å²) in [6.07, 6.45) is 2.56. The van der Waals surface area contributed by atoms with Crippen LogP contribution in [0.5, 0.6) is 0 Å². The smallest absolute Gasteiger partial charge is 0.357 e. The van der Waals surface area contributed by atoms with E-state index < -0.39 is 5.97 Å². The minimum atomic E-state index is -0.423. The fraction of sp³-hybridized carbons (Fsp3) is 0.700. The first-order valence-electron chi connectivity index (χ1n) is 5.04. The SMILES string of the molecule is CN/C(C(=O)OCCl)=C(/C)NCC1CC1. The third kappa shape index (κ3) is 4.00. The molecule has 4 nitrogen and oxygen atoms in total. The van der Waals surface area contributed by atoms with Gasteiger partial charge in [0.1, 0.15) is 5.70 Å². The Labute approximate surface area is 95.0 Å². The van der Waals surface area contributed by atoms with E-state index in [0.717, 1.165) is 18.2 Å². The molecule has 1 saturated carbocycles. The normalized spacial score (nSPS) is 16.7. The van der Waals surface area contributed by atoms with Gasteiger partial charge in [0.15, 0.2) is 6.07 Å². The highest BCUT2D eigenvalue weighted by molar-refractivity contribution is 6.17. The van der Waals surface area contributed by atoms with Gasteiger partial charge >= 0.3 is 5.97 Å². The van der Waals surface area contributed by atoms with Gasteiger partial charge in [0.2, 0.25) is 0 Å². The van der Waals surface area contributed by atoms with Gasteiger partial charge in [0, 0.05) is 19.3 Å². The van der Waals surface area contributed by atoms with E-state index in [1.165, 1.54) is 12.8 Å². The zero-order valence-electron chi connectivity index (χ0n) is 9.10. The predicted octanol–water partition coefficient (Wildman–Crippen LogP) is 1.18. The first-order chi connectivity index (χ1) is 7.19. The summed E-state index contributed by atoms with van der Waals surface area (Å²) in [6.45, 7) is 2.77. The van der Waals surface area contributed by atoms with Crippen molar-refractivity contribution in [3.63, 3.8) is 0 Å². The van der Waals surface area contributed by atoms with Crippen LogP contribution in [-0.2, 0) is 9.53 Å². The van der Waals surface area contributed by atoms with Crippen LogP contribution in [0, 0.1) is 5.92 Å². The Balaban J connectivity index is 2.49. The maximum atomic E-state index is 11.4. The average molecular weight is 233 g/mol. The number of esters is 1. The monoisotopic (exact) mass is 232 g/mol. The van der Waals surface area contributed by atoms with Crippen molar-refractivity contribution < 1.29 is 9.53 Å². The molecule has 0 aromatic rings. The second-order valence-corrected chi connectivity index (χ2v) is 3.83. The molecule has 0 aliphatic heterocycles. The first-order valence-corrected chi connectivity index (χ1v) is 5.58. The molecule has 2 N–H and O–H groups in total. The summed E-state index contributed by atoms with van der Waals surface area (Å²) in [6, 6.07) is -0.125. The highest BCUT2D eigenvalue weighted by Gasteiger charge is 2.21. The van der Waals surface area contributed by atoms with Crippen molar-refractivity contribution in [2.75, 3.05) is 19.7 Å². The maximum Gasteiger partial charge on any atom is 0.357 e. The van der Waals surface area contributed by atoms with Gasteiger partial charge in [0.25, 0.3) is 0 Å². The van der Waals surface area contributed by atoms with E-state index >= 15 is 0 Å². The molecule has 0 amide bonds. The molecule has 0 bridgehead atoms. The van der Waals surface area contributed by atoms with Gasteiger partial charge in [-0.2, -0.15) is 0 Å². The molecule has 1 rings (SSSR count). The van der Waals surface area contributed by atoms with Crippen LogP contribution < -0.4 is 10.6 Å². The molecule has 0 aromatic heterocycles. The molecule has 5 heteroatoms. The Morgan fingerprint density at radius 3 is 2.67 bits per heavy atom. The molecular formula is C10H17ClN2O2. The largest absolute Gasteiger partial charge is 0.445 e. The van der Waals surface area contributed by atoms with E-state index in [1.54, 1.807) is 7.05 Å². The van der Waals surface area contributed by atoms with Crippen molar-refractivity contribution in [1.29, 1.82) is 0 Å². The second-order valence-electron chi connectivity index (χ2n) is 3.62. The molecular weight excluding hydrogens is 216 g/mol. The van der Waals surface area contributed by atoms with Crippen molar-refractivity contribution in [3.05, 3.63) is 11.4 Å². The standard InChI is InChI=1S/C10H17ClN2O2/c1-7(13-5-8-3-4-8)9(12-2)10(14)15-6-11/h8,12-13H,3-6H2,1-2H3/b9-7-. The molecule has 0 unspecified atom stereocenters. The number of carbonyl (C=O) groups excluding carboxylic acids is 1. The summed E-state index contributed by atoms with van der Waals surface area (Å²) in [5.41, 5.74) is 1.25. The lowest BCUT2D eigenvalue weighted by atomic mass is 10.3. The van der Waals surface area contributed by atoms with E-state index in [-0.39, 0.29) is 6.07 Å². The quantitative estimate of drug-likeness (QED) is 0.410. The number of halogens is 1. The molecule has 0 atom stereocenters. The third-order valence-electron chi connectivity index (χ3n) is 2.37. The number of alkyl halides is 1. The lowest BCUT2D eigenvalue weighted by molar-refractivity contribution is -0.137. The van der Waals surface area contributed by atoms with Crippen molar-refractivity contribution in [3.8, 4) is 0 Å². The molecule has 0 radical (unpaired) electrons. The molecule has 0 heterocycles. The van der Waals surface area contributed by atoms with E-state index in [2.05, 4.69) is 10.6 Å². The van der Waals surface area contributed by atoms with E-state index in [0.29, 0.717) is 5.70 Å². The van der Waals surface area contributed by atoms with Crippen LogP contribution in [0.1, 0.15) is 19.8 Å². The van der Waals surface area contributed by atoms with Crippen LogP contribution in [0.25, 0.3) is 0 Å². The topological polar surface area (TPSA) is 50.4 Å². The number of likely N-dealkylation sites (N-methyl/N-ethyl adjacent to an activating group) is 1. The van der Waals surface area contributed by atoms with Crippen molar-refractivity contribution in [2.24, 2.45) is 5.92 Å². The summed E-state index contributed by atoms with van der Waals surface area (Å²) in [5.74, 6) is 0.343. The molecule has 15 heavy (non-hydrogen) atoms. The van der Waals surface area contributed by atoms with Crippen molar-refractivity contribution in [2.45, 2.75) is 19.8 Å². The van der Waals surface area contributed by atoms with Crippen LogP contribution in [0.4, 0.5) is 0 Å². The highest BCUT2D eigenvalue weighted by atomic mass is 35.5. The number of nitrogens with one attached hydrogen (secondary N) is 2. The van der Waals surface area contributed by atoms with Gasteiger partial charge in [-0.25, -0.2) is 4.79 Å². The second kappa shape index (κ2) is 5.85. The van der Waals surface area contributed by atoms with Crippen LogP contribution in [-0.4, -0.2) is 25.6 Å². The van der Waals surface area contributed by atoms with Gasteiger partial charge in [-0.15, -0.1) is 0 Å². The number of rotatable bonds is 6. The Morgan fingerprint density at radius 2 is 2.20 bits per heavy atom. The van der Waals surface area contributed by atoms with Crippen LogP contribution in [0.2, 0.25) is 0 Å². The zero-order chi connectivity index (χ0) is 11.3. The summed E-state index contributed by atoms with van der Waals surface area (Å²) >= 11 is 5.33. The Kier molecular flexibility index (Phi) is 4.75. The summed E-state index contributed by atoms with van der Waals surface area (Å²) in [4.78, 5) is 11.4. The fourth-order valence-corrected chi connectivity index (χ4v) is 1.37. The van der Waals surface area contributed by atoms with Crippen LogP contribution in [0.15, 0.2) is 11.4 Å². The Hall–Kier alpha value is -0.900. The predicted molar refractivity (Wildman–Crippen MR) is 59.3 cm³/mol. The van der Waals surface area contributed by atoms with Gasteiger partial charge in [-0.05, 0) is 25.7 Å². The molecule has 1 aliphatic carbocycles. The lowest BCUT2D eigenvalue weighted by Crippen LogP contribution is -2.26. The van der Waals surface area contributed by atoms with Gasteiger partial charge < -0.3 is 15.4 Å². The van der Waals surface area contributed by atoms with E-state index in [9.17, 15) is 4.79 Å². The number of hydrogen-bond acceptors (Lipinski definition) is 4. The van der Waals surface area contributed by atoms with E-state index in [1.807, 2.05) is 6.92 Å². The third-order valence-corrected chi connectivity index (χ3v) is 2.48. The molecule has 0 saturated heterocycles. The van der Waals surface area contributed by atoms with E-state index in [4.69, 9.17) is 16.3 Å². The van der Waals surface area contributed by atoms with Crippen LogP contribution in [0.3, 0.4) is 0 Å². The zero-order valence-corrected chi connectivity index (χ0v) is 9.86. The first kappa shape index (κ1) is 12.2. The van der Waals surface area contributed by atoms with Gasteiger partial charge in [0.05, 0.1) is 0 Å². The summed E-state index contributed by atoms with van der Waals surface area (Å²) in [5, 5.41) is 6.02.